The molecule has 2 aromatic carbocycles. The summed E-state index contributed by atoms with van der Waals surface area (Å²) in [6.07, 6.45) is 0. The van der Waals surface area contributed by atoms with Crippen LogP contribution in [0.1, 0.15) is 0 Å². The van der Waals surface area contributed by atoms with Crippen LogP contribution in [0.4, 0.5) is 0 Å². The number of hydrogen-bond donors (Lipinski definition) is 0. The van der Waals surface area contributed by atoms with Crippen LogP contribution in [0, 0.1) is 0 Å². The smallest absolute Gasteiger partial charge is 0.0322 e. The summed E-state index contributed by atoms with van der Waals surface area (Å²) in [6, 6.07) is 13.1. The summed E-state index contributed by atoms with van der Waals surface area (Å²) in [5.74, 6) is 2.15. The third kappa shape index (κ3) is 6.91. The van der Waals surface area contributed by atoms with Gasteiger partial charge < -0.3 is 0 Å². The topological polar surface area (TPSA) is 0 Å². The quantitative estimate of drug-likeness (QED) is 0.215. The Morgan fingerprint density at radius 1 is 0.696 bits per heavy atom. The van der Waals surface area contributed by atoms with E-state index in [1.807, 2.05) is 23.5 Å². The molecule has 0 heterocycles. The summed E-state index contributed by atoms with van der Waals surface area (Å²) in [5, 5.41) is 2.02. The Balaban J connectivity index is 2.07. The Bertz CT molecular complexity index is 594. The number of benzene rings is 2. The van der Waals surface area contributed by atoms with Crippen molar-refractivity contribution in [3.05, 3.63) is 45.3 Å². The first kappa shape index (κ1) is 20.7. The minimum atomic E-state index is 1.01. The van der Waals surface area contributed by atoms with Gasteiger partial charge in [0.1, 0.15) is 0 Å². The Labute approximate surface area is 184 Å². The first-order valence-corrected chi connectivity index (χ1v) is 13.4. The van der Waals surface area contributed by atoms with Gasteiger partial charge in [-0.3, -0.25) is 0 Å². The lowest BCUT2D eigenvalue weighted by atomic mass is 10.4. The van der Waals surface area contributed by atoms with E-state index in [0.29, 0.717) is 0 Å². The molecule has 0 aromatic heterocycles. The van der Waals surface area contributed by atoms with Crippen molar-refractivity contribution in [3.8, 4) is 0 Å². The number of rotatable bonds is 8. The van der Waals surface area contributed by atoms with Gasteiger partial charge >= 0.3 is 0 Å². The minimum absolute atomic E-state index is 1.01. The third-order valence-electron chi connectivity index (χ3n) is 2.71. The van der Waals surface area contributed by atoms with Crippen LogP contribution in [-0.2, 0) is 0 Å². The molecule has 0 aliphatic carbocycles. The fourth-order valence-corrected chi connectivity index (χ4v) is 6.69. The Morgan fingerprint density at radius 3 is 1.48 bits per heavy atom. The summed E-state index contributed by atoms with van der Waals surface area (Å²) in [5.41, 5.74) is 0. The Morgan fingerprint density at radius 2 is 1.13 bits per heavy atom. The van der Waals surface area contributed by atoms with Gasteiger partial charge in [0.25, 0.3) is 0 Å². The van der Waals surface area contributed by atoms with Gasteiger partial charge in [-0.1, -0.05) is 43.6 Å². The molecule has 0 amide bonds. The van der Waals surface area contributed by atoms with E-state index in [2.05, 4.69) is 100 Å². The van der Waals surface area contributed by atoms with E-state index >= 15 is 0 Å². The van der Waals surface area contributed by atoms with E-state index in [1.165, 1.54) is 19.6 Å². The van der Waals surface area contributed by atoms with Gasteiger partial charge in [0, 0.05) is 50.7 Å². The maximum atomic E-state index is 3.68. The number of halogens is 4. The van der Waals surface area contributed by atoms with Gasteiger partial charge in [0.15, 0.2) is 0 Å². The molecule has 2 rings (SSSR count). The van der Waals surface area contributed by atoms with Crippen molar-refractivity contribution < 1.29 is 0 Å². The molecule has 0 spiro atoms. The molecule has 7 heteroatoms. The van der Waals surface area contributed by atoms with Crippen molar-refractivity contribution in [1.82, 2.24) is 0 Å². The molecule has 0 fully saturated rings. The largest absolute Gasteiger partial charge is 0.124 e. The maximum Gasteiger partial charge on any atom is 0.0322 e. The molecule has 0 nitrogen and oxygen atoms in total. The van der Waals surface area contributed by atoms with Crippen LogP contribution in [0.2, 0.25) is 0 Å². The molecule has 2 aromatic rings. The lowest BCUT2D eigenvalue weighted by molar-refractivity contribution is 1.28. The van der Waals surface area contributed by atoms with Gasteiger partial charge in [0.2, 0.25) is 0 Å². The van der Waals surface area contributed by atoms with E-state index in [1.54, 1.807) is 11.8 Å². The van der Waals surface area contributed by atoms with Crippen molar-refractivity contribution in [3.63, 3.8) is 0 Å². The van der Waals surface area contributed by atoms with Gasteiger partial charge in [-0.25, -0.2) is 0 Å². The molecular formula is C16H14Br4S3. The first-order chi connectivity index (χ1) is 11.1. The average molecular weight is 622 g/mol. The maximum absolute atomic E-state index is 3.68. The third-order valence-corrected chi connectivity index (χ3v) is 9.52. The van der Waals surface area contributed by atoms with Gasteiger partial charge in [0.05, 0.1) is 0 Å². The molecule has 0 atom stereocenters. The molecule has 0 saturated carbocycles. The summed E-state index contributed by atoms with van der Waals surface area (Å²) >= 11 is 19.8. The molecule has 0 aliphatic heterocycles. The highest BCUT2D eigenvalue weighted by atomic mass is 79.9. The van der Waals surface area contributed by atoms with E-state index in [-0.39, 0.29) is 0 Å². The zero-order valence-corrected chi connectivity index (χ0v) is 20.8. The van der Waals surface area contributed by atoms with Crippen LogP contribution in [0.25, 0.3) is 0 Å². The zero-order chi connectivity index (χ0) is 16.7. The SMILES string of the molecule is BrCCSc1ccc(Sc2ccc(SCCBr)c(Br)c2)cc1Br. The van der Waals surface area contributed by atoms with Crippen molar-refractivity contribution in [1.29, 1.82) is 0 Å². The predicted octanol–water partition coefficient (Wildman–Crippen LogP) is 8.34. The molecule has 23 heavy (non-hydrogen) atoms. The second kappa shape index (κ2) is 11.2. The monoisotopic (exact) mass is 618 g/mol. The summed E-state index contributed by atoms with van der Waals surface area (Å²) in [7, 11) is 0. The Kier molecular flexibility index (Phi) is 10.1. The molecule has 0 N–H and O–H groups in total. The summed E-state index contributed by atoms with van der Waals surface area (Å²) in [4.78, 5) is 5.06. The van der Waals surface area contributed by atoms with Crippen LogP contribution in [-0.4, -0.2) is 22.2 Å². The number of hydrogen-bond acceptors (Lipinski definition) is 3. The van der Waals surface area contributed by atoms with Crippen LogP contribution in [0.15, 0.2) is 64.9 Å². The molecule has 0 aliphatic rings. The van der Waals surface area contributed by atoms with E-state index in [4.69, 9.17) is 0 Å². The number of alkyl halides is 2. The second-order valence-corrected chi connectivity index (χ2v) is 11.1. The van der Waals surface area contributed by atoms with Gasteiger partial charge in [-0.2, -0.15) is 0 Å². The molecule has 0 bridgehead atoms. The lowest BCUT2D eigenvalue weighted by Crippen LogP contribution is -1.83. The van der Waals surface area contributed by atoms with E-state index in [0.717, 1.165) is 31.1 Å². The van der Waals surface area contributed by atoms with E-state index in [9.17, 15) is 0 Å². The standard InChI is InChI=1S/C16H14Br4S3/c17-5-7-21-15-3-1-11(9-13(15)19)23-12-2-4-16(14(20)10-12)22-8-6-18/h1-4,9-10H,5-8H2. The van der Waals surface area contributed by atoms with Crippen LogP contribution < -0.4 is 0 Å². The average Bonchev–Trinajstić information content (AvgIpc) is 2.53. The molecular weight excluding hydrogens is 608 g/mol. The van der Waals surface area contributed by atoms with E-state index < -0.39 is 0 Å². The highest BCUT2D eigenvalue weighted by Crippen LogP contribution is 2.37. The zero-order valence-electron chi connectivity index (χ0n) is 12.0. The van der Waals surface area contributed by atoms with Crippen molar-refractivity contribution >= 4 is 99.0 Å². The first-order valence-electron chi connectivity index (χ1n) is 6.78. The highest BCUT2D eigenvalue weighted by molar-refractivity contribution is 9.11. The minimum Gasteiger partial charge on any atom is -0.124 e. The van der Waals surface area contributed by atoms with Crippen molar-refractivity contribution in [2.75, 3.05) is 22.2 Å². The Hall–Kier alpha value is 1.41. The molecule has 0 saturated heterocycles. The fourth-order valence-electron chi connectivity index (χ4n) is 1.76. The molecule has 0 radical (unpaired) electrons. The van der Waals surface area contributed by atoms with Crippen LogP contribution in [0.3, 0.4) is 0 Å². The number of thioether (sulfide) groups is 2. The summed E-state index contributed by atoms with van der Waals surface area (Å²) < 4.78 is 2.33. The molecule has 0 unspecified atom stereocenters. The second-order valence-electron chi connectivity index (χ2n) is 4.36. The van der Waals surface area contributed by atoms with Gasteiger partial charge in [-0.15, -0.1) is 23.5 Å². The van der Waals surface area contributed by atoms with Crippen LogP contribution in [0.5, 0.6) is 0 Å². The lowest BCUT2D eigenvalue weighted by Gasteiger charge is -2.08. The van der Waals surface area contributed by atoms with Gasteiger partial charge in [-0.05, 0) is 68.3 Å². The van der Waals surface area contributed by atoms with Crippen LogP contribution >= 0.6 is 99.0 Å². The van der Waals surface area contributed by atoms with Crippen molar-refractivity contribution in [2.45, 2.75) is 19.6 Å². The normalized spacial score (nSPS) is 11.0. The van der Waals surface area contributed by atoms with Crippen molar-refractivity contribution in [2.24, 2.45) is 0 Å². The highest BCUT2D eigenvalue weighted by Gasteiger charge is 2.06. The summed E-state index contributed by atoms with van der Waals surface area (Å²) in [6.45, 7) is 0. The fraction of sp³-hybridized carbons (Fsp3) is 0.250. The predicted molar refractivity (Wildman–Crippen MR) is 121 cm³/mol. The molecule has 124 valence electrons.